The van der Waals surface area contributed by atoms with Crippen molar-refractivity contribution in [3.63, 3.8) is 0 Å². The lowest BCUT2D eigenvalue weighted by molar-refractivity contribution is -1.09. The molecule has 0 aromatic carbocycles. The molecule has 0 heterocycles. The van der Waals surface area contributed by atoms with Crippen molar-refractivity contribution in [3.05, 3.63) is 0 Å². The molecule has 0 amide bonds. The first-order valence-corrected chi connectivity index (χ1v) is 5.80. The van der Waals surface area contributed by atoms with E-state index in [1.165, 1.54) is 0 Å². The van der Waals surface area contributed by atoms with E-state index in [-0.39, 0.29) is 6.10 Å². The quantitative estimate of drug-likeness (QED) is 0.555. The van der Waals surface area contributed by atoms with Gasteiger partial charge in [0.25, 0.3) is 0 Å². The summed E-state index contributed by atoms with van der Waals surface area (Å²) in [5, 5.41) is 9.38. The SMILES string of the molecule is CC[N+](C)(CC)OC1CCC(O)CC1. The average Bonchev–Trinajstić information content (AvgIpc) is 2.21. The van der Waals surface area contributed by atoms with Crippen LogP contribution < -0.4 is 0 Å². The fourth-order valence-corrected chi connectivity index (χ4v) is 1.88. The summed E-state index contributed by atoms with van der Waals surface area (Å²) in [5.41, 5.74) is 0. The Kier molecular flexibility index (Phi) is 4.35. The molecule has 0 saturated heterocycles. The van der Waals surface area contributed by atoms with Gasteiger partial charge in [-0.1, -0.05) is 0 Å². The number of hydrogen-bond donors (Lipinski definition) is 1. The first-order valence-electron chi connectivity index (χ1n) is 5.80. The molecule has 0 aromatic rings. The minimum Gasteiger partial charge on any atom is -0.393 e. The molecular formula is C11H24NO2+. The Morgan fingerprint density at radius 1 is 1.14 bits per heavy atom. The molecule has 3 heteroatoms. The van der Waals surface area contributed by atoms with E-state index in [0.717, 1.165) is 38.8 Å². The van der Waals surface area contributed by atoms with Crippen LogP contribution in [-0.2, 0) is 4.84 Å². The van der Waals surface area contributed by atoms with Gasteiger partial charge in [-0.05, 0) is 39.5 Å². The van der Waals surface area contributed by atoms with E-state index in [2.05, 4.69) is 20.9 Å². The lowest BCUT2D eigenvalue weighted by Gasteiger charge is -2.35. The Balaban J connectivity index is 2.36. The zero-order valence-electron chi connectivity index (χ0n) is 9.70. The number of hydrogen-bond acceptors (Lipinski definition) is 2. The van der Waals surface area contributed by atoms with Crippen molar-refractivity contribution in [2.75, 3.05) is 20.1 Å². The predicted molar refractivity (Wildman–Crippen MR) is 56.6 cm³/mol. The van der Waals surface area contributed by atoms with Crippen molar-refractivity contribution < 1.29 is 14.6 Å². The highest BCUT2D eigenvalue weighted by Gasteiger charge is 2.28. The summed E-state index contributed by atoms with van der Waals surface area (Å²) < 4.78 is 0.695. The molecule has 0 aromatic heterocycles. The maximum atomic E-state index is 9.38. The van der Waals surface area contributed by atoms with Crippen LogP contribution in [0, 0.1) is 0 Å². The summed E-state index contributed by atoms with van der Waals surface area (Å²) in [6.45, 7) is 6.33. The number of nitrogens with zero attached hydrogens (tertiary/aromatic N) is 1. The van der Waals surface area contributed by atoms with Crippen LogP contribution in [0.4, 0.5) is 0 Å². The maximum Gasteiger partial charge on any atom is 0.117 e. The van der Waals surface area contributed by atoms with Crippen LogP contribution in [0.1, 0.15) is 39.5 Å². The van der Waals surface area contributed by atoms with Gasteiger partial charge in [0.1, 0.15) is 19.2 Å². The molecular weight excluding hydrogens is 178 g/mol. The Morgan fingerprint density at radius 2 is 1.64 bits per heavy atom. The number of rotatable bonds is 4. The molecule has 14 heavy (non-hydrogen) atoms. The number of quaternary nitrogens is 1. The highest BCUT2D eigenvalue weighted by atomic mass is 16.7. The van der Waals surface area contributed by atoms with E-state index >= 15 is 0 Å². The summed E-state index contributed by atoms with van der Waals surface area (Å²) in [6, 6.07) is 0. The van der Waals surface area contributed by atoms with Crippen LogP contribution in [0.15, 0.2) is 0 Å². The smallest absolute Gasteiger partial charge is 0.117 e. The van der Waals surface area contributed by atoms with Gasteiger partial charge in [0, 0.05) is 0 Å². The number of aliphatic hydroxyl groups is 1. The van der Waals surface area contributed by atoms with Crippen LogP contribution in [0.5, 0.6) is 0 Å². The fraction of sp³-hybridized carbons (Fsp3) is 1.00. The van der Waals surface area contributed by atoms with E-state index in [0.29, 0.717) is 10.8 Å². The number of aliphatic hydroxyl groups excluding tert-OH is 1. The summed E-state index contributed by atoms with van der Waals surface area (Å²) >= 11 is 0. The van der Waals surface area contributed by atoms with E-state index in [4.69, 9.17) is 4.84 Å². The standard InChI is InChI=1S/C11H24NO2/c1-4-12(3,5-2)14-11-8-6-10(13)7-9-11/h10-11,13H,4-9H2,1-3H3/q+1. The Morgan fingerprint density at radius 3 is 2.07 bits per heavy atom. The third kappa shape index (κ3) is 3.23. The maximum absolute atomic E-state index is 9.38. The van der Waals surface area contributed by atoms with Crippen LogP contribution in [0.25, 0.3) is 0 Å². The molecule has 1 rings (SSSR count). The topological polar surface area (TPSA) is 29.5 Å². The van der Waals surface area contributed by atoms with Crippen LogP contribution in [0.2, 0.25) is 0 Å². The molecule has 0 spiro atoms. The predicted octanol–water partition coefficient (Wildman–Crippen LogP) is 1.71. The highest BCUT2D eigenvalue weighted by Crippen LogP contribution is 2.23. The molecule has 0 aliphatic heterocycles. The first kappa shape index (κ1) is 12.0. The number of hydroxylamine groups is 3. The molecule has 3 nitrogen and oxygen atoms in total. The molecule has 0 bridgehead atoms. The Labute approximate surface area is 87.2 Å². The van der Waals surface area contributed by atoms with Gasteiger partial charge in [-0.2, -0.15) is 9.48 Å². The van der Waals surface area contributed by atoms with Gasteiger partial charge in [-0.3, -0.25) is 0 Å². The molecule has 84 valence electrons. The van der Waals surface area contributed by atoms with Gasteiger partial charge in [0.2, 0.25) is 0 Å². The second-order valence-corrected chi connectivity index (χ2v) is 4.47. The minimum absolute atomic E-state index is 0.0862. The van der Waals surface area contributed by atoms with E-state index in [1.807, 2.05) is 0 Å². The summed E-state index contributed by atoms with van der Waals surface area (Å²) in [7, 11) is 2.13. The van der Waals surface area contributed by atoms with Crippen LogP contribution in [-0.4, -0.2) is 42.1 Å². The zero-order chi connectivity index (χ0) is 10.6. The van der Waals surface area contributed by atoms with Gasteiger partial charge in [0.05, 0.1) is 13.2 Å². The minimum atomic E-state index is -0.0862. The van der Waals surface area contributed by atoms with Gasteiger partial charge in [-0.25, -0.2) is 0 Å². The van der Waals surface area contributed by atoms with Crippen molar-refractivity contribution in [1.82, 2.24) is 0 Å². The zero-order valence-corrected chi connectivity index (χ0v) is 9.70. The largest absolute Gasteiger partial charge is 0.393 e. The molecule has 1 fully saturated rings. The van der Waals surface area contributed by atoms with Crippen molar-refractivity contribution in [1.29, 1.82) is 0 Å². The van der Waals surface area contributed by atoms with Crippen LogP contribution in [0.3, 0.4) is 0 Å². The second-order valence-electron chi connectivity index (χ2n) is 4.47. The molecule has 1 aliphatic rings. The Bertz CT molecular complexity index is 161. The van der Waals surface area contributed by atoms with Gasteiger partial charge in [-0.15, -0.1) is 0 Å². The van der Waals surface area contributed by atoms with E-state index in [9.17, 15) is 5.11 Å². The summed E-state index contributed by atoms with van der Waals surface area (Å²) in [4.78, 5) is 6.05. The van der Waals surface area contributed by atoms with Crippen LogP contribution >= 0.6 is 0 Å². The van der Waals surface area contributed by atoms with Crippen molar-refractivity contribution >= 4 is 0 Å². The van der Waals surface area contributed by atoms with E-state index in [1.54, 1.807) is 0 Å². The van der Waals surface area contributed by atoms with Gasteiger partial charge >= 0.3 is 0 Å². The average molecular weight is 202 g/mol. The third-order valence-electron chi connectivity index (χ3n) is 3.39. The second kappa shape index (κ2) is 5.10. The molecule has 1 saturated carbocycles. The third-order valence-corrected chi connectivity index (χ3v) is 3.39. The molecule has 1 N–H and O–H groups in total. The fourth-order valence-electron chi connectivity index (χ4n) is 1.88. The van der Waals surface area contributed by atoms with E-state index < -0.39 is 0 Å². The first-order chi connectivity index (χ1) is 6.59. The van der Waals surface area contributed by atoms with Crippen molar-refractivity contribution in [2.24, 2.45) is 0 Å². The molecule has 0 unspecified atom stereocenters. The normalized spacial score (nSPS) is 29.1. The van der Waals surface area contributed by atoms with Gasteiger partial charge < -0.3 is 5.11 Å². The molecule has 0 radical (unpaired) electrons. The molecule has 1 aliphatic carbocycles. The van der Waals surface area contributed by atoms with Gasteiger partial charge in [0.15, 0.2) is 0 Å². The summed E-state index contributed by atoms with van der Waals surface area (Å²) in [6.07, 6.45) is 4.08. The Hall–Kier alpha value is -0.120. The molecule has 0 atom stereocenters. The van der Waals surface area contributed by atoms with Crippen molar-refractivity contribution in [3.8, 4) is 0 Å². The lowest BCUT2D eigenvalue weighted by atomic mass is 9.95. The summed E-state index contributed by atoms with van der Waals surface area (Å²) in [5.74, 6) is 0. The monoisotopic (exact) mass is 202 g/mol. The highest BCUT2D eigenvalue weighted by molar-refractivity contribution is 4.70. The lowest BCUT2D eigenvalue weighted by Crippen LogP contribution is -2.47. The van der Waals surface area contributed by atoms with Crippen molar-refractivity contribution in [2.45, 2.75) is 51.7 Å².